The number of nitrogens with zero attached hydrogens (tertiary/aromatic N) is 1. The van der Waals surface area contributed by atoms with Crippen LogP contribution in [0.1, 0.15) is 37.2 Å². The number of rotatable bonds is 2. The molecular weight excluding hydrogens is 385 g/mol. The molecule has 2 aromatic carbocycles. The number of phenolic OH excluding ortho intramolecular Hbond substituents is 1. The molecule has 2 aromatic rings. The van der Waals surface area contributed by atoms with Gasteiger partial charge in [0.05, 0.1) is 15.7 Å². The van der Waals surface area contributed by atoms with Crippen LogP contribution < -0.4 is 4.90 Å². The van der Waals surface area contributed by atoms with E-state index in [4.69, 9.17) is 23.2 Å². The van der Waals surface area contributed by atoms with Crippen molar-refractivity contribution < 1.29 is 14.7 Å². The number of anilines is 1. The van der Waals surface area contributed by atoms with Crippen molar-refractivity contribution in [2.75, 3.05) is 4.90 Å². The summed E-state index contributed by atoms with van der Waals surface area (Å²) in [7, 11) is 0. The first-order chi connectivity index (χ1) is 13.0. The van der Waals surface area contributed by atoms with Crippen molar-refractivity contribution in [2.45, 2.75) is 31.6 Å². The number of ketones is 1. The Kier molecular flexibility index (Phi) is 4.70. The third kappa shape index (κ3) is 3.13. The molecule has 1 aliphatic carbocycles. The van der Waals surface area contributed by atoms with Gasteiger partial charge in [-0.2, -0.15) is 0 Å². The highest BCUT2D eigenvalue weighted by molar-refractivity contribution is 6.44. The molecular formula is C21H17Cl2NO3. The lowest BCUT2D eigenvalue weighted by Crippen LogP contribution is -2.40. The third-order valence-electron chi connectivity index (χ3n) is 5.14. The molecule has 138 valence electrons. The molecule has 27 heavy (non-hydrogen) atoms. The quantitative estimate of drug-likeness (QED) is 0.749. The van der Waals surface area contributed by atoms with Crippen LogP contribution in [0.3, 0.4) is 0 Å². The number of phenols is 1. The normalized spacial score (nSPS) is 20.1. The zero-order chi connectivity index (χ0) is 19.1. The Bertz CT molecular complexity index is 966. The van der Waals surface area contributed by atoms with Crippen LogP contribution in [0.5, 0.6) is 5.75 Å². The lowest BCUT2D eigenvalue weighted by atomic mass is 9.77. The van der Waals surface area contributed by atoms with Crippen LogP contribution >= 0.6 is 23.2 Å². The number of allylic oxidation sites excluding steroid dienone is 2. The minimum absolute atomic E-state index is 0.0602. The van der Waals surface area contributed by atoms with Crippen molar-refractivity contribution >= 4 is 40.6 Å². The summed E-state index contributed by atoms with van der Waals surface area (Å²) in [6.07, 6.45) is 1.96. The van der Waals surface area contributed by atoms with Crippen LogP contribution in [-0.2, 0) is 9.59 Å². The van der Waals surface area contributed by atoms with E-state index in [9.17, 15) is 14.7 Å². The van der Waals surface area contributed by atoms with E-state index in [1.807, 2.05) is 0 Å². The van der Waals surface area contributed by atoms with Crippen molar-refractivity contribution in [3.05, 3.63) is 69.3 Å². The summed E-state index contributed by atoms with van der Waals surface area (Å²) in [4.78, 5) is 27.5. The van der Waals surface area contributed by atoms with Gasteiger partial charge in [0, 0.05) is 30.0 Å². The fraction of sp³-hybridized carbons (Fsp3) is 0.238. The molecule has 0 spiro atoms. The van der Waals surface area contributed by atoms with E-state index in [0.29, 0.717) is 46.3 Å². The van der Waals surface area contributed by atoms with E-state index in [1.54, 1.807) is 47.4 Å². The molecule has 1 unspecified atom stereocenters. The molecule has 1 amide bonds. The molecule has 1 heterocycles. The topological polar surface area (TPSA) is 57.6 Å². The molecule has 6 heteroatoms. The number of hydrogen-bond acceptors (Lipinski definition) is 3. The van der Waals surface area contributed by atoms with Gasteiger partial charge in [-0.25, -0.2) is 0 Å². The number of amides is 1. The molecule has 1 aliphatic heterocycles. The molecule has 4 rings (SSSR count). The monoisotopic (exact) mass is 401 g/mol. The van der Waals surface area contributed by atoms with Crippen LogP contribution in [0.2, 0.25) is 10.0 Å². The molecule has 0 aromatic heterocycles. The van der Waals surface area contributed by atoms with Gasteiger partial charge in [-0.1, -0.05) is 41.4 Å². The number of aromatic hydroxyl groups is 1. The molecule has 0 bridgehead atoms. The van der Waals surface area contributed by atoms with Crippen molar-refractivity contribution in [1.82, 2.24) is 0 Å². The Morgan fingerprint density at radius 2 is 1.74 bits per heavy atom. The number of carbonyl (C=O) groups excluding carboxylic acids is 2. The van der Waals surface area contributed by atoms with Crippen molar-refractivity contribution in [1.29, 1.82) is 0 Å². The largest absolute Gasteiger partial charge is 0.508 e. The van der Waals surface area contributed by atoms with Crippen LogP contribution in [0.15, 0.2) is 53.7 Å². The predicted molar refractivity (Wildman–Crippen MR) is 105 cm³/mol. The summed E-state index contributed by atoms with van der Waals surface area (Å²) in [5.41, 5.74) is 2.74. The maximum absolute atomic E-state index is 13.1. The maximum Gasteiger partial charge on any atom is 0.232 e. The Morgan fingerprint density at radius 3 is 2.48 bits per heavy atom. The highest BCUT2D eigenvalue weighted by Gasteiger charge is 2.40. The van der Waals surface area contributed by atoms with Gasteiger partial charge in [0.15, 0.2) is 5.78 Å². The van der Waals surface area contributed by atoms with E-state index in [2.05, 4.69) is 0 Å². The lowest BCUT2D eigenvalue weighted by molar-refractivity contribution is -0.119. The summed E-state index contributed by atoms with van der Waals surface area (Å²) >= 11 is 12.5. The first-order valence-electron chi connectivity index (χ1n) is 8.79. The standard InChI is InChI=1S/C21H17Cl2NO3/c22-15-3-1-5-17(21(15)23)24-16-4-2-6-18(26)20(16)14(11-19(24)27)12-7-9-13(25)10-8-12/h1,3,5,7-10,14,25H,2,4,6,11H2. The van der Waals surface area contributed by atoms with Gasteiger partial charge in [0.2, 0.25) is 5.91 Å². The number of hydrogen-bond donors (Lipinski definition) is 1. The zero-order valence-corrected chi connectivity index (χ0v) is 15.9. The molecule has 1 atom stereocenters. The van der Waals surface area contributed by atoms with Crippen molar-refractivity contribution in [3.8, 4) is 5.75 Å². The van der Waals surface area contributed by atoms with Gasteiger partial charge in [0.1, 0.15) is 5.75 Å². The summed E-state index contributed by atoms with van der Waals surface area (Å²) in [6.45, 7) is 0. The highest BCUT2D eigenvalue weighted by atomic mass is 35.5. The third-order valence-corrected chi connectivity index (χ3v) is 5.95. The van der Waals surface area contributed by atoms with Crippen LogP contribution in [-0.4, -0.2) is 16.8 Å². The SMILES string of the molecule is O=C1CCCC2=C1C(c1ccc(O)cc1)CC(=O)N2c1cccc(Cl)c1Cl. The van der Waals surface area contributed by atoms with Crippen molar-refractivity contribution in [2.24, 2.45) is 0 Å². The van der Waals surface area contributed by atoms with E-state index < -0.39 is 0 Å². The lowest BCUT2D eigenvalue weighted by Gasteiger charge is -2.38. The van der Waals surface area contributed by atoms with Crippen molar-refractivity contribution in [3.63, 3.8) is 0 Å². The van der Waals surface area contributed by atoms with E-state index in [1.165, 1.54) is 0 Å². The molecule has 0 fully saturated rings. The summed E-state index contributed by atoms with van der Waals surface area (Å²) in [5.74, 6) is -0.219. The summed E-state index contributed by atoms with van der Waals surface area (Å²) < 4.78 is 0. The Morgan fingerprint density at radius 1 is 1.00 bits per heavy atom. The second-order valence-corrected chi connectivity index (χ2v) is 7.57. The number of Topliss-reactive ketones (excluding diaryl/α,β-unsaturated/α-hetero) is 1. The van der Waals surface area contributed by atoms with E-state index in [-0.39, 0.29) is 29.8 Å². The highest BCUT2D eigenvalue weighted by Crippen LogP contribution is 2.45. The molecule has 0 radical (unpaired) electrons. The summed E-state index contributed by atoms with van der Waals surface area (Å²) in [6, 6.07) is 11.8. The Labute approximate surface area is 167 Å². The molecule has 0 saturated carbocycles. The minimum Gasteiger partial charge on any atom is -0.508 e. The zero-order valence-electron chi connectivity index (χ0n) is 14.4. The number of carbonyl (C=O) groups is 2. The van der Waals surface area contributed by atoms with Gasteiger partial charge in [-0.15, -0.1) is 0 Å². The van der Waals surface area contributed by atoms with Gasteiger partial charge < -0.3 is 5.11 Å². The van der Waals surface area contributed by atoms with E-state index >= 15 is 0 Å². The molecule has 1 N–H and O–H groups in total. The fourth-order valence-electron chi connectivity index (χ4n) is 3.93. The van der Waals surface area contributed by atoms with Gasteiger partial charge in [-0.05, 0) is 42.7 Å². The molecule has 0 saturated heterocycles. The van der Waals surface area contributed by atoms with Crippen LogP contribution in [0, 0.1) is 0 Å². The maximum atomic E-state index is 13.1. The second kappa shape index (κ2) is 7.02. The smallest absolute Gasteiger partial charge is 0.232 e. The van der Waals surface area contributed by atoms with Gasteiger partial charge >= 0.3 is 0 Å². The number of halogens is 2. The van der Waals surface area contributed by atoms with E-state index in [0.717, 1.165) is 5.56 Å². The Hall–Kier alpha value is -2.30. The molecule has 2 aliphatic rings. The minimum atomic E-state index is -0.310. The first-order valence-corrected chi connectivity index (χ1v) is 9.55. The molecule has 4 nitrogen and oxygen atoms in total. The average molecular weight is 402 g/mol. The first kappa shape index (κ1) is 18.1. The summed E-state index contributed by atoms with van der Waals surface area (Å²) in [5, 5.41) is 10.2. The Balaban J connectivity index is 1.88. The number of benzene rings is 2. The van der Waals surface area contributed by atoms with Crippen LogP contribution in [0.25, 0.3) is 0 Å². The van der Waals surface area contributed by atoms with Crippen LogP contribution in [0.4, 0.5) is 5.69 Å². The predicted octanol–water partition coefficient (Wildman–Crippen LogP) is 5.23. The van der Waals surface area contributed by atoms with Gasteiger partial charge in [0.25, 0.3) is 0 Å². The van der Waals surface area contributed by atoms with Gasteiger partial charge in [-0.3, -0.25) is 14.5 Å². The average Bonchev–Trinajstić information content (AvgIpc) is 2.65. The second-order valence-electron chi connectivity index (χ2n) is 6.79. The fourth-order valence-corrected chi connectivity index (χ4v) is 4.31.